The first-order chi connectivity index (χ1) is 8.72. The van der Waals surface area contributed by atoms with Gasteiger partial charge in [0.15, 0.2) is 0 Å². The molecule has 2 rings (SSSR count). The summed E-state index contributed by atoms with van der Waals surface area (Å²) in [4.78, 5) is 27.3. The first-order valence-electron chi connectivity index (χ1n) is 5.82. The van der Waals surface area contributed by atoms with Crippen LogP contribution >= 0.6 is 0 Å². The molecule has 0 radical (unpaired) electrons. The zero-order chi connectivity index (χ0) is 13.0. The summed E-state index contributed by atoms with van der Waals surface area (Å²) in [5, 5.41) is 0. The molecule has 0 amide bonds. The van der Waals surface area contributed by atoms with E-state index in [-0.39, 0.29) is 12.1 Å². The van der Waals surface area contributed by atoms with Gasteiger partial charge in [0.1, 0.15) is 6.54 Å². The van der Waals surface area contributed by atoms with Crippen molar-refractivity contribution >= 4 is 17.0 Å². The third kappa shape index (κ3) is 2.56. The summed E-state index contributed by atoms with van der Waals surface area (Å²) in [6.45, 7) is 2.21. The molecule has 2 aromatic rings. The zero-order valence-electron chi connectivity index (χ0n) is 10.1. The molecule has 5 heteroatoms. The van der Waals surface area contributed by atoms with Crippen molar-refractivity contribution in [3.05, 3.63) is 40.8 Å². The number of benzene rings is 1. The van der Waals surface area contributed by atoms with Gasteiger partial charge in [-0.25, -0.2) is 4.98 Å². The van der Waals surface area contributed by atoms with Gasteiger partial charge in [-0.1, -0.05) is 19.1 Å². The second kappa shape index (κ2) is 5.44. The molecule has 0 bridgehead atoms. The van der Waals surface area contributed by atoms with E-state index in [4.69, 9.17) is 4.74 Å². The number of carbonyl (C=O) groups excluding carboxylic acids is 1. The van der Waals surface area contributed by atoms with Gasteiger partial charge in [-0.05, 0) is 18.6 Å². The molecule has 1 aromatic carbocycles. The lowest BCUT2D eigenvalue weighted by atomic mass is 10.3. The molecule has 0 saturated carbocycles. The predicted octanol–water partition coefficient (Wildman–Crippen LogP) is 1.35. The lowest BCUT2D eigenvalue weighted by Crippen LogP contribution is -2.25. The van der Waals surface area contributed by atoms with Crippen LogP contribution in [0.2, 0.25) is 0 Å². The Balaban J connectivity index is 2.35. The van der Waals surface area contributed by atoms with Crippen molar-refractivity contribution in [2.75, 3.05) is 6.61 Å². The quantitative estimate of drug-likeness (QED) is 0.764. The molecule has 0 fully saturated rings. The molecule has 0 atom stereocenters. The highest BCUT2D eigenvalue weighted by molar-refractivity contribution is 5.77. The van der Waals surface area contributed by atoms with Crippen LogP contribution in [0.3, 0.4) is 0 Å². The van der Waals surface area contributed by atoms with Gasteiger partial charge in [0.2, 0.25) is 0 Å². The minimum atomic E-state index is -0.407. The zero-order valence-corrected chi connectivity index (χ0v) is 10.1. The Bertz CT molecular complexity index is 619. The number of rotatable bonds is 4. The first-order valence-corrected chi connectivity index (χ1v) is 5.82. The van der Waals surface area contributed by atoms with Crippen molar-refractivity contribution in [1.82, 2.24) is 9.55 Å². The van der Waals surface area contributed by atoms with E-state index >= 15 is 0 Å². The average Bonchev–Trinajstić information content (AvgIpc) is 2.40. The van der Waals surface area contributed by atoms with Gasteiger partial charge in [-0.15, -0.1) is 0 Å². The monoisotopic (exact) mass is 246 g/mol. The summed E-state index contributed by atoms with van der Waals surface area (Å²) < 4.78 is 6.36. The van der Waals surface area contributed by atoms with Crippen molar-refractivity contribution < 1.29 is 9.53 Å². The number of carbonyl (C=O) groups is 1. The van der Waals surface area contributed by atoms with Gasteiger partial charge in [0.05, 0.1) is 23.8 Å². The second-order valence-electron chi connectivity index (χ2n) is 3.89. The summed E-state index contributed by atoms with van der Waals surface area (Å²) in [5.41, 5.74) is 1.01. The largest absolute Gasteiger partial charge is 0.464 e. The van der Waals surface area contributed by atoms with Gasteiger partial charge in [0.25, 0.3) is 5.56 Å². The second-order valence-corrected chi connectivity index (χ2v) is 3.89. The van der Waals surface area contributed by atoms with Crippen LogP contribution in [0.5, 0.6) is 0 Å². The van der Waals surface area contributed by atoms with Crippen LogP contribution in [0.1, 0.15) is 13.3 Å². The van der Waals surface area contributed by atoms with Gasteiger partial charge >= 0.3 is 5.97 Å². The van der Waals surface area contributed by atoms with E-state index in [1.54, 1.807) is 18.2 Å². The van der Waals surface area contributed by atoms with Gasteiger partial charge in [0, 0.05) is 0 Å². The summed E-state index contributed by atoms with van der Waals surface area (Å²) in [7, 11) is 0. The Morgan fingerprint density at radius 1 is 1.39 bits per heavy atom. The summed E-state index contributed by atoms with van der Waals surface area (Å²) in [5.74, 6) is -0.407. The fraction of sp³-hybridized carbons (Fsp3) is 0.308. The van der Waals surface area contributed by atoms with Crippen LogP contribution in [-0.2, 0) is 16.1 Å². The fourth-order valence-corrected chi connectivity index (χ4v) is 1.67. The lowest BCUT2D eigenvalue weighted by molar-refractivity contribution is -0.144. The number of para-hydroxylation sites is 2. The minimum Gasteiger partial charge on any atom is -0.464 e. The standard InChI is InChI=1S/C13H14N2O3/c1-2-7-18-13(17)9-15-11-6-4-3-5-10(11)14-8-12(15)16/h3-6,8H,2,7,9H2,1H3. The SMILES string of the molecule is CCCOC(=O)Cn1c(=O)cnc2ccccc21. The number of hydrogen-bond acceptors (Lipinski definition) is 4. The molecule has 5 nitrogen and oxygen atoms in total. The Morgan fingerprint density at radius 2 is 2.17 bits per heavy atom. The van der Waals surface area contributed by atoms with E-state index in [1.807, 2.05) is 13.0 Å². The van der Waals surface area contributed by atoms with Crippen molar-refractivity contribution in [2.45, 2.75) is 19.9 Å². The molecule has 0 spiro atoms. The van der Waals surface area contributed by atoms with E-state index in [9.17, 15) is 9.59 Å². The summed E-state index contributed by atoms with van der Waals surface area (Å²) in [6, 6.07) is 7.19. The summed E-state index contributed by atoms with van der Waals surface area (Å²) in [6.07, 6.45) is 1.98. The minimum absolute atomic E-state index is 0.0815. The fourth-order valence-electron chi connectivity index (χ4n) is 1.67. The summed E-state index contributed by atoms with van der Waals surface area (Å²) >= 11 is 0. The normalized spacial score (nSPS) is 10.5. The van der Waals surface area contributed by atoms with Crippen LogP contribution in [0.15, 0.2) is 35.3 Å². The van der Waals surface area contributed by atoms with Gasteiger partial charge in [-0.3, -0.25) is 14.2 Å². The molecule has 0 aliphatic heterocycles. The topological polar surface area (TPSA) is 61.2 Å². The molecule has 0 unspecified atom stereocenters. The van der Waals surface area contributed by atoms with E-state index in [2.05, 4.69) is 4.98 Å². The highest BCUT2D eigenvalue weighted by Gasteiger charge is 2.09. The Morgan fingerprint density at radius 3 is 2.94 bits per heavy atom. The number of fused-ring (bicyclic) bond motifs is 1. The Labute approximate surface area is 104 Å². The van der Waals surface area contributed by atoms with Gasteiger partial charge in [-0.2, -0.15) is 0 Å². The number of hydrogen-bond donors (Lipinski definition) is 0. The number of ether oxygens (including phenoxy) is 1. The maximum absolute atomic E-state index is 11.7. The average molecular weight is 246 g/mol. The maximum Gasteiger partial charge on any atom is 0.326 e. The molecular weight excluding hydrogens is 232 g/mol. The molecule has 0 N–H and O–H groups in total. The van der Waals surface area contributed by atoms with Crippen LogP contribution in [0.4, 0.5) is 0 Å². The Kier molecular flexibility index (Phi) is 3.72. The molecule has 94 valence electrons. The van der Waals surface area contributed by atoms with Crippen molar-refractivity contribution in [2.24, 2.45) is 0 Å². The maximum atomic E-state index is 11.7. The first kappa shape index (κ1) is 12.3. The van der Waals surface area contributed by atoms with E-state index in [0.29, 0.717) is 17.6 Å². The number of nitrogens with zero attached hydrogens (tertiary/aromatic N) is 2. The van der Waals surface area contributed by atoms with Crippen LogP contribution in [-0.4, -0.2) is 22.1 Å². The lowest BCUT2D eigenvalue weighted by Gasteiger charge is -2.08. The van der Waals surface area contributed by atoms with Crippen LogP contribution in [0, 0.1) is 0 Å². The third-order valence-corrected chi connectivity index (χ3v) is 2.51. The van der Waals surface area contributed by atoms with Crippen molar-refractivity contribution in [1.29, 1.82) is 0 Å². The van der Waals surface area contributed by atoms with Crippen LogP contribution in [0.25, 0.3) is 11.0 Å². The highest BCUT2D eigenvalue weighted by Crippen LogP contribution is 2.08. The van der Waals surface area contributed by atoms with E-state index in [1.165, 1.54) is 10.8 Å². The molecule has 18 heavy (non-hydrogen) atoms. The van der Waals surface area contributed by atoms with Crippen molar-refractivity contribution in [3.8, 4) is 0 Å². The van der Waals surface area contributed by atoms with Crippen LogP contribution < -0.4 is 5.56 Å². The van der Waals surface area contributed by atoms with E-state index in [0.717, 1.165) is 6.42 Å². The Hall–Kier alpha value is -2.17. The molecule has 1 heterocycles. The van der Waals surface area contributed by atoms with Gasteiger partial charge < -0.3 is 4.74 Å². The molecule has 0 aliphatic carbocycles. The third-order valence-electron chi connectivity index (χ3n) is 2.51. The highest BCUT2D eigenvalue weighted by atomic mass is 16.5. The smallest absolute Gasteiger partial charge is 0.326 e. The molecule has 1 aromatic heterocycles. The number of esters is 1. The molecule has 0 saturated heterocycles. The molecular formula is C13H14N2O3. The molecule has 0 aliphatic rings. The number of aromatic nitrogens is 2. The predicted molar refractivity (Wildman–Crippen MR) is 67.3 cm³/mol. The van der Waals surface area contributed by atoms with E-state index < -0.39 is 5.97 Å². The van der Waals surface area contributed by atoms with Crippen molar-refractivity contribution in [3.63, 3.8) is 0 Å².